The molecule has 1 atom stereocenters. The summed E-state index contributed by atoms with van der Waals surface area (Å²) >= 11 is 0. The van der Waals surface area contributed by atoms with Gasteiger partial charge in [-0.3, -0.25) is 19.4 Å². The van der Waals surface area contributed by atoms with Gasteiger partial charge in [-0.25, -0.2) is 4.79 Å². The quantitative estimate of drug-likeness (QED) is 0.787. The summed E-state index contributed by atoms with van der Waals surface area (Å²) < 4.78 is 0. The third kappa shape index (κ3) is 3.56. The first-order valence-corrected chi connectivity index (χ1v) is 9.65. The summed E-state index contributed by atoms with van der Waals surface area (Å²) in [5.74, 6) is -0.209. The summed E-state index contributed by atoms with van der Waals surface area (Å²) in [6.45, 7) is 5.31. The van der Waals surface area contributed by atoms with Crippen molar-refractivity contribution in [1.82, 2.24) is 20.0 Å². The summed E-state index contributed by atoms with van der Waals surface area (Å²) in [5.41, 5.74) is 0.433. The molecule has 0 bridgehead atoms. The SMILES string of the molecule is C[C@]1(C2CC2)NC(=O)N(CC(=O)N2CCN(Cc3ccccc3)CC2)C1=O. The number of carbonyl (C=O) groups is 3. The zero-order valence-electron chi connectivity index (χ0n) is 15.7. The van der Waals surface area contributed by atoms with Gasteiger partial charge in [-0.1, -0.05) is 30.3 Å². The fourth-order valence-corrected chi connectivity index (χ4v) is 4.03. The first-order valence-electron chi connectivity index (χ1n) is 9.65. The maximum Gasteiger partial charge on any atom is 0.325 e. The molecule has 144 valence electrons. The van der Waals surface area contributed by atoms with Crippen LogP contribution in [-0.4, -0.2) is 70.8 Å². The molecule has 1 aromatic carbocycles. The number of carbonyl (C=O) groups excluding carboxylic acids is 3. The van der Waals surface area contributed by atoms with Crippen LogP contribution in [0, 0.1) is 5.92 Å². The third-order valence-electron chi connectivity index (χ3n) is 5.96. The van der Waals surface area contributed by atoms with Gasteiger partial charge in [-0.15, -0.1) is 0 Å². The summed E-state index contributed by atoms with van der Waals surface area (Å²) in [5, 5.41) is 2.79. The van der Waals surface area contributed by atoms with Crippen LogP contribution in [0.4, 0.5) is 4.79 Å². The first-order chi connectivity index (χ1) is 13.0. The molecule has 2 aliphatic heterocycles. The Kier molecular flexibility index (Phi) is 4.63. The molecule has 7 nitrogen and oxygen atoms in total. The highest BCUT2D eigenvalue weighted by molar-refractivity contribution is 6.09. The van der Waals surface area contributed by atoms with Crippen LogP contribution in [0.5, 0.6) is 0 Å². The molecule has 0 radical (unpaired) electrons. The zero-order chi connectivity index (χ0) is 19.0. The van der Waals surface area contributed by atoms with Crippen molar-refractivity contribution < 1.29 is 14.4 Å². The fourth-order valence-electron chi connectivity index (χ4n) is 4.03. The van der Waals surface area contributed by atoms with Gasteiger partial charge in [0.1, 0.15) is 12.1 Å². The van der Waals surface area contributed by atoms with E-state index in [9.17, 15) is 14.4 Å². The molecule has 0 spiro atoms. The Morgan fingerprint density at radius 2 is 1.78 bits per heavy atom. The first kappa shape index (κ1) is 18.0. The number of urea groups is 1. The molecule has 27 heavy (non-hydrogen) atoms. The maximum atomic E-state index is 12.7. The molecular weight excluding hydrogens is 344 g/mol. The Morgan fingerprint density at radius 1 is 1.11 bits per heavy atom. The topological polar surface area (TPSA) is 73.0 Å². The molecule has 2 heterocycles. The molecule has 1 N–H and O–H groups in total. The van der Waals surface area contributed by atoms with E-state index in [1.807, 2.05) is 18.2 Å². The molecule has 1 saturated carbocycles. The lowest BCUT2D eigenvalue weighted by Gasteiger charge is -2.35. The minimum atomic E-state index is -0.828. The minimum Gasteiger partial charge on any atom is -0.339 e. The molecule has 7 heteroatoms. The van der Waals surface area contributed by atoms with E-state index < -0.39 is 11.6 Å². The van der Waals surface area contributed by atoms with Crippen molar-refractivity contribution in [3.05, 3.63) is 35.9 Å². The molecule has 4 amide bonds. The standard InChI is InChI=1S/C20H26N4O3/c1-20(16-7-8-16)18(26)24(19(27)21-20)14-17(25)23-11-9-22(10-12-23)13-15-5-3-2-4-6-15/h2-6,16H,7-14H2,1H3,(H,21,27)/t20-/m1/s1. The second-order valence-electron chi connectivity index (χ2n) is 7.94. The number of nitrogens with one attached hydrogen (secondary N) is 1. The smallest absolute Gasteiger partial charge is 0.325 e. The van der Waals surface area contributed by atoms with Crippen LogP contribution < -0.4 is 5.32 Å². The Bertz CT molecular complexity index is 741. The number of amides is 4. The van der Waals surface area contributed by atoms with Crippen LogP contribution in [0.2, 0.25) is 0 Å². The van der Waals surface area contributed by atoms with E-state index in [4.69, 9.17) is 0 Å². The Balaban J connectivity index is 1.30. The predicted octanol–water partition coefficient (Wildman–Crippen LogP) is 1.05. The summed E-state index contributed by atoms with van der Waals surface area (Å²) in [4.78, 5) is 42.7. The summed E-state index contributed by atoms with van der Waals surface area (Å²) in [6.07, 6.45) is 1.90. The zero-order valence-corrected chi connectivity index (χ0v) is 15.7. The fraction of sp³-hybridized carbons (Fsp3) is 0.550. The molecular formula is C20H26N4O3. The summed E-state index contributed by atoms with van der Waals surface area (Å²) in [6, 6.07) is 9.83. The Hall–Kier alpha value is -2.41. The number of hydrogen-bond donors (Lipinski definition) is 1. The van der Waals surface area contributed by atoms with Gasteiger partial charge in [0.25, 0.3) is 5.91 Å². The van der Waals surface area contributed by atoms with Crippen molar-refractivity contribution in [2.75, 3.05) is 32.7 Å². The van der Waals surface area contributed by atoms with E-state index in [-0.39, 0.29) is 24.3 Å². The molecule has 0 aromatic heterocycles. The van der Waals surface area contributed by atoms with Crippen molar-refractivity contribution in [3.8, 4) is 0 Å². The number of rotatable bonds is 5. The van der Waals surface area contributed by atoms with E-state index in [0.29, 0.717) is 13.1 Å². The van der Waals surface area contributed by atoms with Gasteiger partial charge in [-0.05, 0) is 31.2 Å². The molecule has 0 unspecified atom stereocenters. The number of benzene rings is 1. The van der Waals surface area contributed by atoms with Crippen molar-refractivity contribution in [2.45, 2.75) is 31.8 Å². The highest BCUT2D eigenvalue weighted by atomic mass is 16.2. The van der Waals surface area contributed by atoms with Gasteiger partial charge in [0.2, 0.25) is 5.91 Å². The van der Waals surface area contributed by atoms with Crippen LogP contribution in [0.15, 0.2) is 30.3 Å². The van der Waals surface area contributed by atoms with E-state index in [1.54, 1.807) is 11.8 Å². The average molecular weight is 370 g/mol. The number of piperazine rings is 1. The Labute approximate surface area is 159 Å². The van der Waals surface area contributed by atoms with Crippen molar-refractivity contribution in [2.24, 2.45) is 5.92 Å². The van der Waals surface area contributed by atoms with Crippen LogP contribution in [0.1, 0.15) is 25.3 Å². The number of nitrogens with zero attached hydrogens (tertiary/aromatic N) is 3. The highest BCUT2D eigenvalue weighted by Crippen LogP contribution is 2.42. The van der Waals surface area contributed by atoms with Crippen LogP contribution in [0.25, 0.3) is 0 Å². The van der Waals surface area contributed by atoms with Crippen LogP contribution in [0.3, 0.4) is 0 Å². The molecule has 4 rings (SSSR count). The van der Waals surface area contributed by atoms with E-state index in [1.165, 1.54) is 5.56 Å². The molecule has 1 aromatic rings. The van der Waals surface area contributed by atoms with E-state index >= 15 is 0 Å². The van der Waals surface area contributed by atoms with Crippen molar-refractivity contribution >= 4 is 17.8 Å². The second kappa shape index (κ2) is 6.96. The summed E-state index contributed by atoms with van der Waals surface area (Å²) in [7, 11) is 0. The Morgan fingerprint density at radius 3 is 2.41 bits per heavy atom. The average Bonchev–Trinajstić information content (AvgIpc) is 3.49. The van der Waals surface area contributed by atoms with Crippen molar-refractivity contribution in [3.63, 3.8) is 0 Å². The minimum absolute atomic E-state index is 0.155. The lowest BCUT2D eigenvalue weighted by Crippen LogP contribution is -2.52. The van der Waals surface area contributed by atoms with E-state index in [0.717, 1.165) is 37.4 Å². The van der Waals surface area contributed by atoms with Gasteiger partial charge in [0.05, 0.1) is 0 Å². The van der Waals surface area contributed by atoms with Gasteiger partial charge < -0.3 is 10.2 Å². The van der Waals surface area contributed by atoms with Gasteiger partial charge in [-0.2, -0.15) is 0 Å². The third-order valence-corrected chi connectivity index (χ3v) is 5.96. The molecule has 3 fully saturated rings. The lowest BCUT2D eigenvalue weighted by molar-refractivity contribution is -0.140. The number of imide groups is 1. The second-order valence-corrected chi connectivity index (χ2v) is 7.94. The molecule has 3 aliphatic rings. The van der Waals surface area contributed by atoms with E-state index in [2.05, 4.69) is 22.3 Å². The van der Waals surface area contributed by atoms with Gasteiger partial charge in [0, 0.05) is 32.7 Å². The van der Waals surface area contributed by atoms with Gasteiger partial charge >= 0.3 is 6.03 Å². The van der Waals surface area contributed by atoms with Crippen LogP contribution >= 0.6 is 0 Å². The molecule has 2 saturated heterocycles. The van der Waals surface area contributed by atoms with Gasteiger partial charge in [0.15, 0.2) is 0 Å². The largest absolute Gasteiger partial charge is 0.339 e. The van der Waals surface area contributed by atoms with Crippen molar-refractivity contribution in [1.29, 1.82) is 0 Å². The van der Waals surface area contributed by atoms with Crippen LogP contribution in [-0.2, 0) is 16.1 Å². The molecule has 1 aliphatic carbocycles. The highest BCUT2D eigenvalue weighted by Gasteiger charge is 2.56. The predicted molar refractivity (Wildman–Crippen MR) is 99.7 cm³/mol. The maximum absolute atomic E-state index is 12.7. The lowest BCUT2D eigenvalue weighted by atomic mass is 9.96. The monoisotopic (exact) mass is 370 g/mol. The normalized spacial score (nSPS) is 26.4. The number of hydrogen-bond acceptors (Lipinski definition) is 4.